The highest BCUT2D eigenvalue weighted by atomic mass is 32.2. The van der Waals surface area contributed by atoms with E-state index in [0.717, 1.165) is 29.4 Å². The lowest BCUT2D eigenvalue weighted by Crippen LogP contribution is -2.23. The predicted octanol–water partition coefficient (Wildman–Crippen LogP) is 3.61. The Labute approximate surface area is 152 Å². The van der Waals surface area contributed by atoms with Crippen LogP contribution >= 0.6 is 11.8 Å². The van der Waals surface area contributed by atoms with Gasteiger partial charge in [-0.2, -0.15) is 0 Å². The molecule has 1 atom stereocenters. The first-order valence-corrected chi connectivity index (χ1v) is 9.52. The second kappa shape index (κ2) is 8.34. The lowest BCUT2D eigenvalue weighted by Gasteiger charge is -2.15. The highest BCUT2D eigenvalue weighted by Crippen LogP contribution is 2.40. The van der Waals surface area contributed by atoms with Crippen molar-refractivity contribution < 1.29 is 9.53 Å². The minimum Gasteiger partial charge on any atom is -0.465 e. The van der Waals surface area contributed by atoms with Crippen molar-refractivity contribution in [3.05, 3.63) is 54.4 Å². The van der Waals surface area contributed by atoms with Crippen LogP contribution in [0.2, 0.25) is 0 Å². The van der Waals surface area contributed by atoms with Gasteiger partial charge in [0.2, 0.25) is 0 Å². The molecule has 1 aliphatic carbocycles. The maximum atomic E-state index is 12.5. The summed E-state index contributed by atoms with van der Waals surface area (Å²) in [4.78, 5) is 12.5. The zero-order valence-corrected chi connectivity index (χ0v) is 15.2. The van der Waals surface area contributed by atoms with Gasteiger partial charge in [-0.25, -0.2) is 0 Å². The normalized spacial score (nSPS) is 14.9. The first kappa shape index (κ1) is 17.7. The van der Waals surface area contributed by atoms with Gasteiger partial charge in [0.05, 0.1) is 6.61 Å². The third kappa shape index (κ3) is 4.51. The number of hydrogen-bond donors (Lipinski definition) is 0. The Kier molecular flexibility index (Phi) is 5.91. The zero-order chi connectivity index (χ0) is 17.6. The van der Waals surface area contributed by atoms with Crippen LogP contribution < -0.4 is 0 Å². The Morgan fingerprint density at radius 1 is 1.40 bits per heavy atom. The van der Waals surface area contributed by atoms with Gasteiger partial charge in [-0.15, -0.1) is 16.8 Å². The zero-order valence-electron chi connectivity index (χ0n) is 14.4. The van der Waals surface area contributed by atoms with E-state index in [1.807, 2.05) is 43.3 Å². The molecule has 0 aliphatic heterocycles. The number of aromatic nitrogens is 3. The van der Waals surface area contributed by atoms with Crippen LogP contribution in [0.15, 0.2) is 48.1 Å². The molecule has 1 heterocycles. The number of ether oxygens (including phenoxy) is 1. The van der Waals surface area contributed by atoms with Crippen LogP contribution in [-0.4, -0.2) is 32.6 Å². The number of carbonyl (C=O) groups excluding carboxylic acids is 1. The molecule has 1 aromatic carbocycles. The third-order valence-corrected chi connectivity index (χ3v) is 5.22. The van der Waals surface area contributed by atoms with Gasteiger partial charge < -0.3 is 9.30 Å². The SMILES string of the molecule is C=CCn1c(S[C@@H](Cc2ccccc2)C(=O)OCC)nnc1C1CC1. The first-order valence-electron chi connectivity index (χ1n) is 8.64. The molecule has 0 amide bonds. The van der Waals surface area contributed by atoms with Crippen molar-refractivity contribution in [1.82, 2.24) is 14.8 Å². The van der Waals surface area contributed by atoms with E-state index in [-0.39, 0.29) is 11.2 Å². The molecule has 5 nitrogen and oxygen atoms in total. The van der Waals surface area contributed by atoms with E-state index >= 15 is 0 Å². The van der Waals surface area contributed by atoms with E-state index in [2.05, 4.69) is 21.3 Å². The fourth-order valence-corrected chi connectivity index (χ4v) is 3.77. The molecule has 1 aliphatic rings. The van der Waals surface area contributed by atoms with E-state index in [9.17, 15) is 4.79 Å². The number of esters is 1. The molecule has 25 heavy (non-hydrogen) atoms. The summed E-state index contributed by atoms with van der Waals surface area (Å²) >= 11 is 1.43. The highest BCUT2D eigenvalue weighted by molar-refractivity contribution is 8.00. The number of hydrogen-bond acceptors (Lipinski definition) is 5. The molecule has 0 spiro atoms. The van der Waals surface area contributed by atoms with Gasteiger partial charge in [0, 0.05) is 12.5 Å². The summed E-state index contributed by atoms with van der Waals surface area (Å²) in [6.45, 7) is 6.69. The van der Waals surface area contributed by atoms with E-state index < -0.39 is 0 Å². The molecule has 1 fully saturated rings. The van der Waals surface area contributed by atoms with Gasteiger partial charge in [-0.1, -0.05) is 48.2 Å². The number of thioether (sulfide) groups is 1. The molecule has 0 N–H and O–H groups in total. The van der Waals surface area contributed by atoms with Crippen LogP contribution in [0.3, 0.4) is 0 Å². The first-order chi connectivity index (χ1) is 12.2. The molecule has 1 saturated carbocycles. The Hall–Kier alpha value is -2.08. The molecule has 0 bridgehead atoms. The summed E-state index contributed by atoms with van der Waals surface area (Å²) in [5.74, 6) is 1.29. The van der Waals surface area contributed by atoms with Gasteiger partial charge in [-0.3, -0.25) is 4.79 Å². The van der Waals surface area contributed by atoms with Crippen molar-refractivity contribution in [2.75, 3.05) is 6.61 Å². The van der Waals surface area contributed by atoms with Crippen LogP contribution in [-0.2, 0) is 22.5 Å². The van der Waals surface area contributed by atoms with Crippen LogP contribution in [0.25, 0.3) is 0 Å². The average Bonchev–Trinajstić information content (AvgIpc) is 3.39. The van der Waals surface area contributed by atoms with Crippen molar-refractivity contribution in [3.8, 4) is 0 Å². The fourth-order valence-electron chi connectivity index (χ4n) is 2.70. The Morgan fingerprint density at radius 2 is 2.16 bits per heavy atom. The third-order valence-electron chi connectivity index (χ3n) is 4.06. The monoisotopic (exact) mass is 357 g/mol. The predicted molar refractivity (Wildman–Crippen MR) is 98.6 cm³/mol. The highest BCUT2D eigenvalue weighted by Gasteiger charge is 2.32. The number of rotatable bonds is 9. The molecular weight excluding hydrogens is 334 g/mol. The average molecular weight is 357 g/mol. The van der Waals surface area contributed by atoms with Crippen molar-refractivity contribution in [2.24, 2.45) is 0 Å². The van der Waals surface area contributed by atoms with Gasteiger partial charge in [0.1, 0.15) is 11.1 Å². The summed E-state index contributed by atoms with van der Waals surface area (Å²) in [7, 11) is 0. The Bertz CT molecular complexity index is 726. The maximum Gasteiger partial charge on any atom is 0.319 e. The topological polar surface area (TPSA) is 57.0 Å². The summed E-state index contributed by atoms with van der Waals surface area (Å²) in [5.41, 5.74) is 1.10. The van der Waals surface area contributed by atoms with Crippen LogP contribution in [0.5, 0.6) is 0 Å². The van der Waals surface area contributed by atoms with E-state index in [1.54, 1.807) is 0 Å². The van der Waals surface area contributed by atoms with Crippen molar-refractivity contribution >= 4 is 17.7 Å². The summed E-state index contributed by atoms with van der Waals surface area (Å²) in [6.07, 6.45) is 4.76. The number of allylic oxidation sites excluding steroid dienone is 1. The van der Waals surface area contributed by atoms with E-state index in [0.29, 0.717) is 25.5 Å². The van der Waals surface area contributed by atoms with E-state index in [4.69, 9.17) is 4.74 Å². The van der Waals surface area contributed by atoms with Gasteiger partial charge in [0.25, 0.3) is 0 Å². The number of carbonyl (C=O) groups is 1. The second-order valence-electron chi connectivity index (χ2n) is 6.06. The van der Waals surface area contributed by atoms with Crippen LogP contribution in [0.4, 0.5) is 0 Å². The molecule has 132 valence electrons. The molecule has 2 aromatic rings. The minimum absolute atomic E-state index is 0.211. The van der Waals surface area contributed by atoms with Crippen molar-refractivity contribution in [2.45, 2.75) is 49.1 Å². The van der Waals surface area contributed by atoms with E-state index in [1.165, 1.54) is 11.8 Å². The Balaban J connectivity index is 1.81. The number of nitrogens with zero attached hydrogens (tertiary/aromatic N) is 3. The van der Waals surface area contributed by atoms with Crippen LogP contribution in [0, 0.1) is 0 Å². The van der Waals surface area contributed by atoms with Crippen molar-refractivity contribution in [3.63, 3.8) is 0 Å². The molecular formula is C19H23N3O2S. The Morgan fingerprint density at radius 3 is 2.80 bits per heavy atom. The lowest BCUT2D eigenvalue weighted by atomic mass is 10.1. The second-order valence-corrected chi connectivity index (χ2v) is 7.23. The van der Waals surface area contributed by atoms with Crippen molar-refractivity contribution in [1.29, 1.82) is 0 Å². The summed E-state index contributed by atoms with van der Waals surface area (Å²) in [5, 5.41) is 9.11. The molecule has 0 unspecified atom stereocenters. The molecule has 1 aromatic heterocycles. The minimum atomic E-state index is -0.345. The van der Waals surface area contributed by atoms with Gasteiger partial charge in [-0.05, 0) is 31.7 Å². The van der Waals surface area contributed by atoms with Crippen LogP contribution in [0.1, 0.15) is 37.1 Å². The smallest absolute Gasteiger partial charge is 0.319 e. The summed E-state index contributed by atoms with van der Waals surface area (Å²) in [6, 6.07) is 9.98. The summed E-state index contributed by atoms with van der Waals surface area (Å²) < 4.78 is 7.35. The maximum absolute atomic E-state index is 12.5. The standard InChI is InChI=1S/C19H23N3O2S/c1-3-12-22-17(15-10-11-15)20-21-19(22)25-16(18(23)24-4-2)13-14-8-6-5-7-9-14/h3,5-9,15-16H,1,4,10-13H2,2H3/t16-/m0/s1. The quantitative estimate of drug-likeness (QED) is 0.390. The van der Waals surface area contributed by atoms with Gasteiger partial charge in [0.15, 0.2) is 5.16 Å². The number of benzene rings is 1. The molecule has 6 heteroatoms. The molecule has 0 saturated heterocycles. The largest absolute Gasteiger partial charge is 0.465 e. The molecule has 3 rings (SSSR count). The van der Waals surface area contributed by atoms with Gasteiger partial charge >= 0.3 is 5.97 Å². The molecule has 0 radical (unpaired) electrons. The lowest BCUT2D eigenvalue weighted by molar-refractivity contribution is -0.142. The fraction of sp³-hybridized carbons (Fsp3) is 0.421.